The van der Waals surface area contributed by atoms with Gasteiger partial charge in [0.15, 0.2) is 0 Å². The van der Waals surface area contributed by atoms with Crippen LogP contribution in [0.25, 0.3) is 0 Å². The minimum Gasteiger partial charge on any atom is -0.393 e. The quantitative estimate of drug-likeness (QED) is 0.277. The highest BCUT2D eigenvalue weighted by molar-refractivity contribution is 6.38. The summed E-state index contributed by atoms with van der Waals surface area (Å²) in [7, 11) is 0. The molecular formula is C6H13N3O2. The van der Waals surface area contributed by atoms with Crippen molar-refractivity contribution in [2.45, 2.75) is 25.9 Å². The highest BCUT2D eigenvalue weighted by Gasteiger charge is 2.07. The van der Waals surface area contributed by atoms with Crippen molar-refractivity contribution in [2.75, 3.05) is 0 Å². The summed E-state index contributed by atoms with van der Waals surface area (Å²) in [6.45, 7) is 1.62. The Labute approximate surface area is 65.1 Å². The fourth-order valence-corrected chi connectivity index (χ4v) is 0.597. The highest BCUT2D eigenvalue weighted by Crippen LogP contribution is 1.96. The third kappa shape index (κ3) is 4.32. The summed E-state index contributed by atoms with van der Waals surface area (Å²) in [6, 6.07) is 0. The summed E-state index contributed by atoms with van der Waals surface area (Å²) < 4.78 is 0. The molecule has 0 aromatic rings. The first-order valence-corrected chi connectivity index (χ1v) is 3.32. The number of rotatable bonds is 4. The van der Waals surface area contributed by atoms with Gasteiger partial charge >= 0.3 is 0 Å². The summed E-state index contributed by atoms with van der Waals surface area (Å²) in [5.74, 6) is 4.23. The SMILES string of the molecule is CC(O)CCC(=NN)C(N)=O. The molecule has 0 saturated carbocycles. The van der Waals surface area contributed by atoms with Gasteiger partial charge in [-0.15, -0.1) is 0 Å². The van der Waals surface area contributed by atoms with Crippen LogP contribution < -0.4 is 11.6 Å². The number of aliphatic hydroxyl groups excluding tert-OH is 1. The van der Waals surface area contributed by atoms with Gasteiger partial charge in [-0.2, -0.15) is 5.10 Å². The number of hydrogen-bond donors (Lipinski definition) is 3. The Kier molecular flexibility index (Phi) is 4.21. The molecule has 0 bridgehead atoms. The number of hydrogen-bond acceptors (Lipinski definition) is 4. The van der Waals surface area contributed by atoms with Crippen molar-refractivity contribution in [3.63, 3.8) is 0 Å². The summed E-state index contributed by atoms with van der Waals surface area (Å²) in [5, 5.41) is 12.0. The molecule has 1 atom stereocenters. The van der Waals surface area contributed by atoms with E-state index in [4.69, 9.17) is 16.7 Å². The van der Waals surface area contributed by atoms with E-state index in [0.29, 0.717) is 12.8 Å². The number of primary amides is 1. The molecule has 5 heteroatoms. The normalized spacial score (nSPS) is 14.5. The summed E-state index contributed by atoms with van der Waals surface area (Å²) in [4.78, 5) is 10.5. The Balaban J connectivity index is 3.82. The largest absolute Gasteiger partial charge is 0.393 e. The van der Waals surface area contributed by atoms with Crippen LogP contribution in [0.3, 0.4) is 0 Å². The van der Waals surface area contributed by atoms with E-state index in [9.17, 15) is 4.79 Å². The van der Waals surface area contributed by atoms with Crippen LogP contribution in [0.2, 0.25) is 0 Å². The van der Waals surface area contributed by atoms with Crippen molar-refractivity contribution >= 4 is 11.6 Å². The Bertz CT molecular complexity index is 165. The van der Waals surface area contributed by atoms with E-state index in [-0.39, 0.29) is 5.71 Å². The first-order valence-electron chi connectivity index (χ1n) is 3.32. The van der Waals surface area contributed by atoms with Crippen LogP contribution in [0.4, 0.5) is 0 Å². The number of nitrogens with two attached hydrogens (primary N) is 2. The van der Waals surface area contributed by atoms with Gasteiger partial charge in [-0.25, -0.2) is 0 Å². The smallest absolute Gasteiger partial charge is 0.264 e. The van der Waals surface area contributed by atoms with Crippen molar-refractivity contribution in [2.24, 2.45) is 16.7 Å². The van der Waals surface area contributed by atoms with Crippen LogP contribution in [0.5, 0.6) is 0 Å². The van der Waals surface area contributed by atoms with E-state index < -0.39 is 12.0 Å². The van der Waals surface area contributed by atoms with Crippen molar-refractivity contribution in [1.29, 1.82) is 0 Å². The zero-order chi connectivity index (χ0) is 8.85. The van der Waals surface area contributed by atoms with Gasteiger partial charge in [0.05, 0.1) is 6.10 Å². The molecule has 0 radical (unpaired) electrons. The third-order valence-electron chi connectivity index (χ3n) is 1.24. The number of carbonyl (C=O) groups is 1. The third-order valence-corrected chi connectivity index (χ3v) is 1.24. The Morgan fingerprint density at radius 1 is 1.73 bits per heavy atom. The fraction of sp³-hybridized carbons (Fsp3) is 0.667. The standard InChI is InChI=1S/C6H13N3O2/c1-4(10)2-3-5(9-8)6(7)11/h4,10H,2-3,8H2,1H3,(H2,7,11). The second-order valence-electron chi connectivity index (χ2n) is 2.33. The monoisotopic (exact) mass is 159 g/mol. The van der Waals surface area contributed by atoms with Gasteiger partial charge in [0.1, 0.15) is 5.71 Å². The zero-order valence-corrected chi connectivity index (χ0v) is 6.45. The average Bonchev–Trinajstić information content (AvgIpc) is 1.87. The van der Waals surface area contributed by atoms with E-state index in [1.54, 1.807) is 6.92 Å². The van der Waals surface area contributed by atoms with E-state index in [0.717, 1.165) is 0 Å². The molecule has 11 heavy (non-hydrogen) atoms. The van der Waals surface area contributed by atoms with Crippen molar-refractivity contribution < 1.29 is 9.90 Å². The molecule has 0 fully saturated rings. The summed E-state index contributed by atoms with van der Waals surface area (Å²) >= 11 is 0. The average molecular weight is 159 g/mol. The van der Waals surface area contributed by atoms with Gasteiger partial charge in [-0.05, 0) is 19.8 Å². The lowest BCUT2D eigenvalue weighted by molar-refractivity contribution is -0.112. The zero-order valence-electron chi connectivity index (χ0n) is 6.45. The Morgan fingerprint density at radius 3 is 2.55 bits per heavy atom. The summed E-state index contributed by atoms with van der Waals surface area (Å²) in [5.41, 5.74) is 5.02. The van der Waals surface area contributed by atoms with Crippen molar-refractivity contribution in [3.05, 3.63) is 0 Å². The molecule has 1 unspecified atom stereocenters. The maximum absolute atomic E-state index is 10.5. The van der Waals surface area contributed by atoms with Crippen LogP contribution >= 0.6 is 0 Å². The lowest BCUT2D eigenvalue weighted by atomic mass is 10.1. The molecule has 0 aromatic carbocycles. The van der Waals surface area contributed by atoms with E-state index >= 15 is 0 Å². The number of hydrazone groups is 1. The molecule has 0 aliphatic heterocycles. The maximum Gasteiger partial charge on any atom is 0.264 e. The second kappa shape index (κ2) is 4.68. The molecule has 0 rings (SSSR count). The molecule has 0 aliphatic rings. The number of aliphatic hydroxyl groups is 1. The predicted molar refractivity (Wildman–Crippen MR) is 41.7 cm³/mol. The van der Waals surface area contributed by atoms with Gasteiger partial charge in [0.25, 0.3) is 5.91 Å². The summed E-state index contributed by atoms with van der Waals surface area (Å²) in [6.07, 6.45) is 0.300. The predicted octanol–water partition coefficient (Wildman–Crippen LogP) is -1.05. The van der Waals surface area contributed by atoms with Gasteiger partial charge in [-0.3, -0.25) is 4.79 Å². The van der Waals surface area contributed by atoms with Crippen LogP contribution in [-0.4, -0.2) is 22.8 Å². The second-order valence-corrected chi connectivity index (χ2v) is 2.33. The molecule has 0 aromatic heterocycles. The Morgan fingerprint density at radius 2 is 2.27 bits per heavy atom. The molecule has 0 saturated heterocycles. The fourth-order valence-electron chi connectivity index (χ4n) is 0.597. The molecule has 0 aliphatic carbocycles. The molecule has 5 N–H and O–H groups in total. The minimum absolute atomic E-state index is 0.117. The Hall–Kier alpha value is -1.10. The van der Waals surface area contributed by atoms with Gasteiger partial charge < -0.3 is 16.7 Å². The molecule has 0 heterocycles. The van der Waals surface area contributed by atoms with Crippen molar-refractivity contribution in [3.8, 4) is 0 Å². The van der Waals surface area contributed by atoms with Gasteiger partial charge in [0.2, 0.25) is 0 Å². The molecule has 0 spiro atoms. The number of amides is 1. The van der Waals surface area contributed by atoms with Crippen molar-refractivity contribution in [1.82, 2.24) is 0 Å². The number of nitrogens with zero attached hydrogens (tertiary/aromatic N) is 1. The van der Waals surface area contributed by atoms with Crippen LogP contribution in [0.15, 0.2) is 5.10 Å². The molecule has 1 amide bonds. The topological polar surface area (TPSA) is 102 Å². The molecule has 64 valence electrons. The molecule has 5 nitrogen and oxygen atoms in total. The minimum atomic E-state index is -0.631. The van der Waals surface area contributed by atoms with E-state index in [1.807, 2.05) is 0 Å². The molecular weight excluding hydrogens is 146 g/mol. The van der Waals surface area contributed by atoms with E-state index in [1.165, 1.54) is 0 Å². The van der Waals surface area contributed by atoms with Gasteiger partial charge in [-0.1, -0.05) is 0 Å². The van der Waals surface area contributed by atoms with Crippen LogP contribution in [0.1, 0.15) is 19.8 Å². The first-order chi connectivity index (χ1) is 5.07. The lowest BCUT2D eigenvalue weighted by Gasteiger charge is -2.02. The first kappa shape index (κ1) is 9.90. The highest BCUT2D eigenvalue weighted by atomic mass is 16.3. The van der Waals surface area contributed by atoms with Gasteiger partial charge in [0, 0.05) is 0 Å². The lowest BCUT2D eigenvalue weighted by Crippen LogP contribution is -2.25. The number of carbonyl (C=O) groups excluding carboxylic acids is 1. The maximum atomic E-state index is 10.5. The van der Waals surface area contributed by atoms with E-state index in [2.05, 4.69) is 5.10 Å². The van der Waals surface area contributed by atoms with Crippen LogP contribution in [0, 0.1) is 0 Å². The van der Waals surface area contributed by atoms with Crippen LogP contribution in [-0.2, 0) is 4.79 Å².